The van der Waals surface area contributed by atoms with E-state index in [-0.39, 0.29) is 28.3 Å². The van der Waals surface area contributed by atoms with Crippen LogP contribution in [0.2, 0.25) is 0 Å². The molecule has 2 aliphatic carbocycles. The number of carbonyl (C=O) groups is 2. The molecule has 0 N–H and O–H groups in total. The van der Waals surface area contributed by atoms with Crippen molar-refractivity contribution < 1.29 is 9.59 Å². The number of ketones is 2. The van der Waals surface area contributed by atoms with Gasteiger partial charge in [-0.15, -0.1) is 0 Å². The summed E-state index contributed by atoms with van der Waals surface area (Å²) in [5.41, 5.74) is -0.587. The fourth-order valence-corrected chi connectivity index (χ4v) is 3.68. The standard InChI is InChI=1S/C14H19NO2/c1-13(2)10-6-7-14(13,3)12(17)9(11(10)16)5-4-8-15/h9-10H,4-7H2,1-3H3. The van der Waals surface area contributed by atoms with Crippen molar-refractivity contribution in [3.8, 4) is 6.07 Å². The number of hydrogen-bond acceptors (Lipinski definition) is 3. The van der Waals surface area contributed by atoms with E-state index in [4.69, 9.17) is 5.26 Å². The highest BCUT2D eigenvalue weighted by molar-refractivity contribution is 6.09. The quantitative estimate of drug-likeness (QED) is 0.688. The molecule has 0 aromatic carbocycles. The van der Waals surface area contributed by atoms with Gasteiger partial charge in [0.25, 0.3) is 0 Å². The van der Waals surface area contributed by atoms with Crippen molar-refractivity contribution in [2.75, 3.05) is 0 Å². The summed E-state index contributed by atoms with van der Waals surface area (Å²) in [7, 11) is 0. The van der Waals surface area contributed by atoms with Crippen molar-refractivity contribution in [1.29, 1.82) is 5.26 Å². The molecule has 92 valence electrons. The Morgan fingerprint density at radius 1 is 1.35 bits per heavy atom. The predicted octanol–water partition coefficient (Wildman–Crippen LogP) is 2.50. The molecule has 0 saturated heterocycles. The smallest absolute Gasteiger partial charge is 0.149 e. The highest BCUT2D eigenvalue weighted by Gasteiger charge is 2.64. The van der Waals surface area contributed by atoms with Crippen LogP contribution in [0.1, 0.15) is 46.5 Å². The van der Waals surface area contributed by atoms with Gasteiger partial charge in [-0.3, -0.25) is 9.59 Å². The van der Waals surface area contributed by atoms with Crippen LogP contribution in [0.15, 0.2) is 0 Å². The average Bonchev–Trinajstić information content (AvgIpc) is 2.45. The lowest BCUT2D eigenvalue weighted by Crippen LogP contribution is -2.53. The Balaban J connectivity index is 2.36. The number of Topliss-reactive ketones (excluding diaryl/α,β-unsaturated/α-hetero) is 2. The van der Waals surface area contributed by atoms with Gasteiger partial charge in [0, 0.05) is 17.8 Å². The first-order valence-corrected chi connectivity index (χ1v) is 6.31. The third-order valence-corrected chi connectivity index (χ3v) is 5.32. The van der Waals surface area contributed by atoms with E-state index in [1.807, 2.05) is 26.8 Å². The minimum Gasteiger partial charge on any atom is -0.299 e. The summed E-state index contributed by atoms with van der Waals surface area (Å²) in [6.07, 6.45) is 2.36. The van der Waals surface area contributed by atoms with Gasteiger partial charge in [0.1, 0.15) is 11.6 Å². The van der Waals surface area contributed by atoms with E-state index >= 15 is 0 Å². The molecule has 0 heterocycles. The van der Waals surface area contributed by atoms with Gasteiger partial charge in [0.2, 0.25) is 0 Å². The highest BCUT2D eigenvalue weighted by atomic mass is 16.2. The Bertz CT molecular complexity index is 418. The number of fused-ring (bicyclic) bond motifs is 2. The molecule has 2 aliphatic rings. The van der Waals surface area contributed by atoms with E-state index in [2.05, 4.69) is 0 Å². The van der Waals surface area contributed by atoms with Crippen LogP contribution in [0.4, 0.5) is 0 Å². The molecule has 2 bridgehead atoms. The first kappa shape index (κ1) is 12.3. The highest BCUT2D eigenvalue weighted by Crippen LogP contribution is 2.61. The summed E-state index contributed by atoms with van der Waals surface area (Å²) in [6, 6.07) is 2.03. The monoisotopic (exact) mass is 233 g/mol. The van der Waals surface area contributed by atoms with Crippen molar-refractivity contribution in [2.24, 2.45) is 22.7 Å². The Morgan fingerprint density at radius 2 is 2.00 bits per heavy atom. The van der Waals surface area contributed by atoms with Crippen LogP contribution in [0.5, 0.6) is 0 Å². The maximum Gasteiger partial charge on any atom is 0.149 e. The number of nitrogens with zero attached hydrogens (tertiary/aromatic N) is 1. The third kappa shape index (κ3) is 1.40. The summed E-state index contributed by atoms with van der Waals surface area (Å²) in [5.74, 6) is -0.337. The van der Waals surface area contributed by atoms with Crippen molar-refractivity contribution in [3.63, 3.8) is 0 Å². The number of carbonyl (C=O) groups excluding carboxylic acids is 2. The number of nitriles is 1. The van der Waals surface area contributed by atoms with Gasteiger partial charge < -0.3 is 0 Å². The van der Waals surface area contributed by atoms with E-state index in [0.29, 0.717) is 12.8 Å². The van der Waals surface area contributed by atoms with E-state index in [0.717, 1.165) is 12.8 Å². The molecule has 2 rings (SSSR count). The molecule has 0 aromatic rings. The maximum absolute atomic E-state index is 12.5. The van der Waals surface area contributed by atoms with Crippen LogP contribution in [0.25, 0.3) is 0 Å². The first-order chi connectivity index (χ1) is 7.86. The zero-order valence-electron chi connectivity index (χ0n) is 10.7. The Labute approximate surface area is 102 Å². The lowest BCUT2D eigenvalue weighted by Gasteiger charge is -2.46. The summed E-state index contributed by atoms with van der Waals surface area (Å²) in [4.78, 5) is 24.8. The second-order valence-corrected chi connectivity index (χ2v) is 6.16. The van der Waals surface area contributed by atoms with Crippen molar-refractivity contribution >= 4 is 11.6 Å². The van der Waals surface area contributed by atoms with E-state index in [1.165, 1.54) is 0 Å². The van der Waals surface area contributed by atoms with Gasteiger partial charge >= 0.3 is 0 Å². The molecule has 3 nitrogen and oxygen atoms in total. The lowest BCUT2D eigenvalue weighted by molar-refractivity contribution is -0.153. The first-order valence-electron chi connectivity index (χ1n) is 6.31. The number of hydrogen-bond donors (Lipinski definition) is 0. The van der Waals surface area contributed by atoms with Gasteiger partial charge in [-0.05, 0) is 24.7 Å². The van der Waals surface area contributed by atoms with E-state index in [1.54, 1.807) is 0 Å². The van der Waals surface area contributed by atoms with E-state index < -0.39 is 5.92 Å². The molecule has 3 heteroatoms. The fourth-order valence-electron chi connectivity index (χ4n) is 3.68. The van der Waals surface area contributed by atoms with Crippen LogP contribution >= 0.6 is 0 Å². The van der Waals surface area contributed by atoms with Crippen molar-refractivity contribution in [1.82, 2.24) is 0 Å². The molecular formula is C14H19NO2. The molecule has 0 spiro atoms. The minimum absolute atomic E-state index is 0.00823. The molecule has 0 aliphatic heterocycles. The lowest BCUT2D eigenvalue weighted by atomic mass is 9.55. The van der Waals surface area contributed by atoms with Crippen molar-refractivity contribution in [3.05, 3.63) is 0 Å². The summed E-state index contributed by atoms with van der Waals surface area (Å²) < 4.78 is 0. The second-order valence-electron chi connectivity index (χ2n) is 6.16. The van der Waals surface area contributed by atoms with Gasteiger partial charge in [-0.25, -0.2) is 0 Å². The SMILES string of the molecule is CC12CCC(C(=O)C(CCC#N)C1=O)C2(C)C. The van der Waals surface area contributed by atoms with Crippen molar-refractivity contribution in [2.45, 2.75) is 46.5 Å². The zero-order valence-corrected chi connectivity index (χ0v) is 10.7. The van der Waals surface area contributed by atoms with Gasteiger partial charge in [0.15, 0.2) is 0 Å². The van der Waals surface area contributed by atoms with Gasteiger partial charge in [-0.1, -0.05) is 20.8 Å². The summed E-state index contributed by atoms with van der Waals surface area (Å²) in [6.45, 7) is 6.09. The van der Waals surface area contributed by atoms with Crippen LogP contribution in [-0.4, -0.2) is 11.6 Å². The Hall–Kier alpha value is -1.17. The maximum atomic E-state index is 12.5. The average molecular weight is 233 g/mol. The zero-order chi connectivity index (χ0) is 12.8. The topological polar surface area (TPSA) is 57.9 Å². The molecule has 17 heavy (non-hydrogen) atoms. The summed E-state index contributed by atoms with van der Waals surface area (Å²) in [5, 5.41) is 8.61. The third-order valence-electron chi connectivity index (χ3n) is 5.32. The predicted molar refractivity (Wildman–Crippen MR) is 63.0 cm³/mol. The molecule has 2 fully saturated rings. The van der Waals surface area contributed by atoms with Crippen LogP contribution in [-0.2, 0) is 9.59 Å². The Kier molecular flexibility index (Phi) is 2.65. The van der Waals surface area contributed by atoms with Gasteiger partial charge in [0.05, 0.1) is 12.0 Å². The molecular weight excluding hydrogens is 214 g/mol. The van der Waals surface area contributed by atoms with Crippen LogP contribution in [0, 0.1) is 34.0 Å². The molecule has 3 unspecified atom stereocenters. The largest absolute Gasteiger partial charge is 0.299 e. The summed E-state index contributed by atoms with van der Waals surface area (Å²) >= 11 is 0. The molecule has 0 aromatic heterocycles. The van der Waals surface area contributed by atoms with E-state index in [9.17, 15) is 9.59 Å². The van der Waals surface area contributed by atoms with Crippen LogP contribution in [0.3, 0.4) is 0 Å². The second kappa shape index (κ2) is 3.66. The Morgan fingerprint density at radius 3 is 2.59 bits per heavy atom. The normalized spacial score (nSPS) is 39.2. The molecule has 3 atom stereocenters. The molecule has 0 radical (unpaired) electrons. The molecule has 0 amide bonds. The fraction of sp³-hybridized carbons (Fsp3) is 0.786. The number of rotatable bonds is 2. The molecule has 2 saturated carbocycles. The van der Waals surface area contributed by atoms with Crippen LogP contribution < -0.4 is 0 Å². The van der Waals surface area contributed by atoms with Gasteiger partial charge in [-0.2, -0.15) is 5.26 Å². The minimum atomic E-state index is -0.514.